The van der Waals surface area contributed by atoms with Crippen molar-refractivity contribution in [3.63, 3.8) is 0 Å². The molecule has 0 radical (unpaired) electrons. The van der Waals surface area contributed by atoms with Crippen LogP contribution in [0, 0.1) is 5.92 Å². The summed E-state index contributed by atoms with van der Waals surface area (Å²) < 4.78 is 32.8. The molecule has 1 aromatic rings. The second-order valence-electron chi connectivity index (χ2n) is 5.13. The van der Waals surface area contributed by atoms with Gasteiger partial charge in [-0.15, -0.1) is 0 Å². The Morgan fingerprint density at radius 1 is 1.42 bits per heavy atom. The van der Waals surface area contributed by atoms with E-state index in [0.717, 1.165) is 25.7 Å². The predicted molar refractivity (Wildman–Crippen MR) is 76.0 cm³/mol. The molecule has 1 fully saturated rings. The van der Waals surface area contributed by atoms with Gasteiger partial charge in [-0.05, 0) is 47.5 Å². The quantitative estimate of drug-likeness (QED) is 0.872. The van der Waals surface area contributed by atoms with Crippen LogP contribution >= 0.6 is 15.9 Å². The molecule has 108 valence electrons. The highest BCUT2D eigenvalue weighted by molar-refractivity contribution is 9.10. The van der Waals surface area contributed by atoms with Gasteiger partial charge >= 0.3 is 0 Å². The standard InChI is InChI=1S/C12H19BrN2O3S/c1-8-2-4-9(5-3-8)15-19(16,17)11-6-10(7-14)18-12(11)13/h6,8-9,15H,2-5,7,14H2,1H3. The lowest BCUT2D eigenvalue weighted by molar-refractivity contribution is 0.332. The summed E-state index contributed by atoms with van der Waals surface area (Å²) in [6.07, 6.45) is 3.90. The average molecular weight is 351 g/mol. The van der Waals surface area contributed by atoms with E-state index in [0.29, 0.717) is 11.7 Å². The van der Waals surface area contributed by atoms with Crippen molar-refractivity contribution >= 4 is 26.0 Å². The van der Waals surface area contributed by atoms with Crippen molar-refractivity contribution in [1.82, 2.24) is 4.72 Å². The minimum absolute atomic E-state index is 0.0179. The van der Waals surface area contributed by atoms with Gasteiger partial charge in [-0.3, -0.25) is 0 Å². The summed E-state index contributed by atoms with van der Waals surface area (Å²) in [5.41, 5.74) is 5.45. The normalized spacial score (nSPS) is 24.6. The highest BCUT2D eigenvalue weighted by Crippen LogP contribution is 2.28. The molecule has 1 aliphatic rings. The van der Waals surface area contributed by atoms with Crippen molar-refractivity contribution in [3.8, 4) is 0 Å². The number of sulfonamides is 1. The molecule has 7 heteroatoms. The molecule has 19 heavy (non-hydrogen) atoms. The van der Waals surface area contributed by atoms with Gasteiger partial charge in [0.1, 0.15) is 10.7 Å². The highest BCUT2D eigenvalue weighted by Gasteiger charge is 2.27. The largest absolute Gasteiger partial charge is 0.452 e. The summed E-state index contributed by atoms with van der Waals surface area (Å²) >= 11 is 3.13. The van der Waals surface area contributed by atoms with Gasteiger partial charge in [-0.1, -0.05) is 6.92 Å². The van der Waals surface area contributed by atoms with E-state index in [1.165, 1.54) is 6.07 Å². The molecule has 0 spiro atoms. The minimum Gasteiger partial charge on any atom is -0.452 e. The molecule has 0 amide bonds. The van der Waals surface area contributed by atoms with Crippen LogP contribution in [0.4, 0.5) is 0 Å². The SMILES string of the molecule is CC1CCC(NS(=O)(=O)c2cc(CN)oc2Br)CC1. The zero-order valence-corrected chi connectivity index (χ0v) is 13.3. The molecule has 1 aromatic heterocycles. The maximum absolute atomic E-state index is 12.3. The fraction of sp³-hybridized carbons (Fsp3) is 0.667. The zero-order valence-electron chi connectivity index (χ0n) is 10.9. The van der Waals surface area contributed by atoms with Crippen molar-refractivity contribution in [1.29, 1.82) is 0 Å². The van der Waals surface area contributed by atoms with Crippen LogP contribution in [0.15, 0.2) is 20.0 Å². The van der Waals surface area contributed by atoms with E-state index in [9.17, 15) is 8.42 Å². The average Bonchev–Trinajstić information content (AvgIpc) is 2.74. The van der Waals surface area contributed by atoms with Crippen LogP contribution in [0.5, 0.6) is 0 Å². The molecule has 3 N–H and O–H groups in total. The van der Waals surface area contributed by atoms with Gasteiger partial charge in [0.05, 0.1) is 6.54 Å². The molecule has 1 heterocycles. The number of furan rings is 1. The van der Waals surface area contributed by atoms with Crippen molar-refractivity contribution in [3.05, 3.63) is 16.5 Å². The van der Waals surface area contributed by atoms with Crippen LogP contribution in [-0.4, -0.2) is 14.5 Å². The summed E-state index contributed by atoms with van der Waals surface area (Å²) in [6.45, 7) is 2.37. The van der Waals surface area contributed by atoms with Crippen LogP contribution < -0.4 is 10.5 Å². The molecule has 0 aromatic carbocycles. The Kier molecular flexibility index (Phi) is 4.70. The van der Waals surface area contributed by atoms with Crippen LogP contribution in [0.3, 0.4) is 0 Å². The molecular formula is C12H19BrN2O3S. The monoisotopic (exact) mass is 350 g/mol. The Labute approximate surface area is 122 Å². The lowest BCUT2D eigenvalue weighted by atomic mass is 9.88. The Hall–Kier alpha value is -0.370. The third-order valence-electron chi connectivity index (χ3n) is 3.53. The van der Waals surface area contributed by atoms with E-state index in [2.05, 4.69) is 27.6 Å². The van der Waals surface area contributed by atoms with E-state index in [4.69, 9.17) is 10.2 Å². The second kappa shape index (κ2) is 5.95. The van der Waals surface area contributed by atoms with Gasteiger partial charge in [0.25, 0.3) is 0 Å². The first-order valence-electron chi connectivity index (χ1n) is 6.43. The molecule has 0 aliphatic heterocycles. The summed E-state index contributed by atoms with van der Waals surface area (Å²) in [6, 6.07) is 1.49. The lowest BCUT2D eigenvalue weighted by Gasteiger charge is -2.26. The van der Waals surface area contributed by atoms with E-state index in [1.807, 2.05) is 0 Å². The fourth-order valence-corrected chi connectivity index (χ4v) is 4.65. The molecule has 1 saturated carbocycles. The maximum Gasteiger partial charge on any atom is 0.245 e. The zero-order chi connectivity index (χ0) is 14.0. The Balaban J connectivity index is 2.11. The molecule has 0 unspecified atom stereocenters. The van der Waals surface area contributed by atoms with Gasteiger partial charge < -0.3 is 10.2 Å². The van der Waals surface area contributed by atoms with E-state index in [-0.39, 0.29) is 22.2 Å². The van der Waals surface area contributed by atoms with Gasteiger partial charge in [-0.25, -0.2) is 13.1 Å². The first-order chi connectivity index (χ1) is 8.92. The molecule has 0 saturated heterocycles. The third kappa shape index (κ3) is 3.59. The first kappa shape index (κ1) is 15.0. The van der Waals surface area contributed by atoms with Crippen LogP contribution in [-0.2, 0) is 16.6 Å². The number of rotatable bonds is 4. The van der Waals surface area contributed by atoms with E-state index < -0.39 is 10.0 Å². The lowest BCUT2D eigenvalue weighted by Crippen LogP contribution is -2.37. The smallest absolute Gasteiger partial charge is 0.245 e. The molecule has 0 atom stereocenters. The minimum atomic E-state index is -3.54. The molecular weight excluding hydrogens is 332 g/mol. The van der Waals surface area contributed by atoms with Crippen LogP contribution in [0.2, 0.25) is 0 Å². The molecule has 0 bridgehead atoms. The third-order valence-corrected chi connectivity index (χ3v) is 5.91. The van der Waals surface area contributed by atoms with Crippen molar-refractivity contribution < 1.29 is 12.8 Å². The summed E-state index contributed by atoms with van der Waals surface area (Å²) in [7, 11) is -3.54. The number of hydrogen-bond acceptors (Lipinski definition) is 4. The van der Waals surface area contributed by atoms with E-state index in [1.54, 1.807) is 0 Å². The molecule has 5 nitrogen and oxygen atoms in total. The molecule has 1 aliphatic carbocycles. The summed E-state index contributed by atoms with van der Waals surface area (Å²) in [4.78, 5) is 0.131. The van der Waals surface area contributed by atoms with E-state index >= 15 is 0 Å². The molecule has 2 rings (SSSR count). The van der Waals surface area contributed by atoms with Crippen molar-refractivity contribution in [2.24, 2.45) is 11.7 Å². The predicted octanol–water partition coefficient (Wildman–Crippen LogP) is 2.36. The number of halogens is 1. The Morgan fingerprint density at radius 3 is 2.58 bits per heavy atom. The van der Waals surface area contributed by atoms with Gasteiger partial charge in [0.2, 0.25) is 10.0 Å². The number of hydrogen-bond donors (Lipinski definition) is 2. The van der Waals surface area contributed by atoms with Crippen LogP contribution in [0.25, 0.3) is 0 Å². The van der Waals surface area contributed by atoms with Crippen molar-refractivity contribution in [2.45, 2.75) is 50.1 Å². The Bertz CT molecular complexity index is 533. The van der Waals surface area contributed by atoms with Crippen molar-refractivity contribution in [2.75, 3.05) is 0 Å². The summed E-state index contributed by atoms with van der Waals surface area (Å²) in [5.74, 6) is 1.13. The van der Waals surface area contributed by atoms with Gasteiger partial charge in [0, 0.05) is 12.1 Å². The second-order valence-corrected chi connectivity index (χ2v) is 7.54. The maximum atomic E-state index is 12.3. The summed E-state index contributed by atoms with van der Waals surface area (Å²) in [5, 5.41) is 0. The first-order valence-corrected chi connectivity index (χ1v) is 8.70. The topological polar surface area (TPSA) is 85.3 Å². The van der Waals surface area contributed by atoms with Gasteiger partial charge in [0.15, 0.2) is 4.67 Å². The van der Waals surface area contributed by atoms with Crippen LogP contribution in [0.1, 0.15) is 38.4 Å². The Morgan fingerprint density at radius 2 is 2.05 bits per heavy atom. The number of nitrogens with two attached hydrogens (primary N) is 1. The highest BCUT2D eigenvalue weighted by atomic mass is 79.9. The number of nitrogens with one attached hydrogen (secondary N) is 1. The fourth-order valence-electron chi connectivity index (χ4n) is 2.34. The van der Waals surface area contributed by atoms with Gasteiger partial charge in [-0.2, -0.15) is 0 Å².